The van der Waals surface area contributed by atoms with Crippen LogP contribution in [-0.4, -0.2) is 46.8 Å². The summed E-state index contributed by atoms with van der Waals surface area (Å²) in [6.45, 7) is 3.32. The maximum absolute atomic E-state index is 13.7. The van der Waals surface area contributed by atoms with Crippen LogP contribution in [0.4, 0.5) is 0 Å². The molecule has 0 spiro atoms. The van der Waals surface area contributed by atoms with Crippen LogP contribution in [0.15, 0.2) is 82.2 Å². The number of carbonyl (C=O) groups excluding carboxylic acids is 1. The number of hydrogen-bond donors (Lipinski definition) is 1. The lowest BCUT2D eigenvalue weighted by Gasteiger charge is -2.40. The number of aliphatic hydroxyl groups excluding tert-OH is 1. The highest BCUT2D eigenvalue weighted by atomic mass is 32.2. The molecule has 4 atom stereocenters. The molecule has 0 radical (unpaired) electrons. The summed E-state index contributed by atoms with van der Waals surface area (Å²) in [5.41, 5.74) is 1.80. The normalized spacial score (nSPS) is 23.9. The SMILES string of the molecule is CCOC(=O)C1=C(C)OC2=C(C(OCc3ccccc3)C(OCc3ccccc3)C(CO)O2)S1=O. The van der Waals surface area contributed by atoms with Gasteiger partial charge in [-0.2, -0.15) is 0 Å². The van der Waals surface area contributed by atoms with Crippen molar-refractivity contribution in [1.29, 1.82) is 0 Å². The van der Waals surface area contributed by atoms with Gasteiger partial charge in [0.1, 0.15) is 33.7 Å². The van der Waals surface area contributed by atoms with E-state index in [4.69, 9.17) is 23.7 Å². The number of aliphatic hydroxyl groups is 1. The summed E-state index contributed by atoms with van der Waals surface area (Å²) in [5.74, 6) is -0.670. The number of esters is 1. The summed E-state index contributed by atoms with van der Waals surface area (Å²) in [5, 5.41) is 10.1. The summed E-state index contributed by atoms with van der Waals surface area (Å²) >= 11 is 0. The van der Waals surface area contributed by atoms with Crippen molar-refractivity contribution in [2.24, 2.45) is 0 Å². The average Bonchev–Trinajstić information content (AvgIpc) is 2.87. The van der Waals surface area contributed by atoms with Crippen molar-refractivity contribution < 1.29 is 37.8 Å². The summed E-state index contributed by atoms with van der Waals surface area (Å²) in [4.78, 5) is 12.6. The molecule has 4 unspecified atom stereocenters. The van der Waals surface area contributed by atoms with Gasteiger partial charge in [0, 0.05) is 0 Å². The van der Waals surface area contributed by atoms with E-state index in [2.05, 4.69) is 0 Å². The summed E-state index contributed by atoms with van der Waals surface area (Å²) < 4.78 is 42.8. The fraction of sp³-hybridized carbons (Fsp3) is 0.346. The minimum absolute atomic E-state index is 0.0504. The molecule has 0 saturated carbocycles. The first kappa shape index (κ1) is 25.1. The fourth-order valence-corrected chi connectivity index (χ4v) is 5.24. The van der Waals surface area contributed by atoms with E-state index < -0.39 is 35.1 Å². The molecule has 9 heteroatoms. The summed E-state index contributed by atoms with van der Waals surface area (Å²) in [6, 6.07) is 19.0. The van der Waals surface area contributed by atoms with Crippen LogP contribution in [0.25, 0.3) is 0 Å². The van der Waals surface area contributed by atoms with Gasteiger partial charge in [-0.25, -0.2) is 9.00 Å². The van der Waals surface area contributed by atoms with E-state index in [-0.39, 0.29) is 47.9 Å². The van der Waals surface area contributed by atoms with E-state index in [1.165, 1.54) is 6.92 Å². The predicted molar refractivity (Wildman–Crippen MR) is 128 cm³/mol. The zero-order valence-corrected chi connectivity index (χ0v) is 20.4. The van der Waals surface area contributed by atoms with Crippen molar-refractivity contribution >= 4 is 16.8 Å². The first-order chi connectivity index (χ1) is 17.0. The molecule has 0 fully saturated rings. The maximum atomic E-state index is 13.7. The molecule has 0 amide bonds. The minimum atomic E-state index is -1.98. The van der Waals surface area contributed by atoms with E-state index in [0.717, 1.165) is 11.1 Å². The summed E-state index contributed by atoms with van der Waals surface area (Å²) in [6.07, 6.45) is -2.58. The van der Waals surface area contributed by atoms with Crippen LogP contribution >= 0.6 is 0 Å². The molecule has 0 saturated heterocycles. The summed E-state index contributed by atoms with van der Waals surface area (Å²) in [7, 11) is -1.98. The number of carbonyl (C=O) groups is 1. The molecule has 35 heavy (non-hydrogen) atoms. The Bertz CT molecular complexity index is 1110. The van der Waals surface area contributed by atoms with Gasteiger partial charge in [0.15, 0.2) is 11.0 Å². The monoisotopic (exact) mass is 500 g/mol. The van der Waals surface area contributed by atoms with Crippen LogP contribution < -0.4 is 0 Å². The second-order valence-corrected chi connectivity index (χ2v) is 9.33. The predicted octanol–water partition coefficient (Wildman–Crippen LogP) is 3.29. The van der Waals surface area contributed by atoms with E-state index in [9.17, 15) is 14.1 Å². The lowest BCUT2D eigenvalue weighted by Crippen LogP contribution is -2.51. The molecule has 2 aliphatic heterocycles. The Labute approximate surface area is 206 Å². The Balaban J connectivity index is 1.67. The van der Waals surface area contributed by atoms with Crippen LogP contribution in [0.5, 0.6) is 0 Å². The molecule has 2 aromatic rings. The third kappa shape index (κ3) is 5.65. The smallest absolute Gasteiger partial charge is 0.351 e. The number of benzene rings is 2. The Hall–Kier alpha value is -2.98. The van der Waals surface area contributed by atoms with E-state index in [1.807, 2.05) is 60.7 Å². The number of rotatable bonds is 9. The lowest BCUT2D eigenvalue weighted by molar-refractivity contribution is -0.167. The highest BCUT2D eigenvalue weighted by Gasteiger charge is 2.49. The van der Waals surface area contributed by atoms with Gasteiger partial charge in [0.05, 0.1) is 26.4 Å². The molecule has 2 heterocycles. The lowest BCUT2D eigenvalue weighted by atomic mass is 10.0. The first-order valence-electron chi connectivity index (χ1n) is 11.3. The van der Waals surface area contributed by atoms with Gasteiger partial charge in [-0.1, -0.05) is 60.7 Å². The average molecular weight is 501 g/mol. The van der Waals surface area contributed by atoms with Gasteiger partial charge >= 0.3 is 11.9 Å². The third-order valence-corrected chi connectivity index (χ3v) is 7.16. The fourth-order valence-electron chi connectivity index (χ4n) is 3.85. The van der Waals surface area contributed by atoms with Crippen LogP contribution in [0, 0.1) is 0 Å². The highest BCUT2D eigenvalue weighted by molar-refractivity contribution is 7.94. The van der Waals surface area contributed by atoms with E-state index in [1.54, 1.807) is 6.92 Å². The Morgan fingerprint density at radius 1 is 1.00 bits per heavy atom. The molecule has 4 rings (SSSR count). The largest absolute Gasteiger partial charge is 0.462 e. The molecule has 8 nitrogen and oxygen atoms in total. The first-order valence-corrected chi connectivity index (χ1v) is 12.5. The van der Waals surface area contributed by atoms with Crippen LogP contribution in [-0.2, 0) is 52.5 Å². The number of hydrogen-bond acceptors (Lipinski definition) is 8. The molecule has 2 aliphatic rings. The second-order valence-electron chi connectivity index (χ2n) is 7.95. The van der Waals surface area contributed by atoms with Gasteiger partial charge in [0.2, 0.25) is 0 Å². The van der Waals surface area contributed by atoms with E-state index in [0.29, 0.717) is 0 Å². The van der Waals surface area contributed by atoms with Crippen molar-refractivity contribution in [1.82, 2.24) is 0 Å². The van der Waals surface area contributed by atoms with Gasteiger partial charge in [-0.3, -0.25) is 0 Å². The molecule has 1 N–H and O–H groups in total. The molecular formula is C26H28O8S. The standard InChI is InChI=1S/C26H28O8S/c1-3-30-25(28)23-17(2)33-26-24(35(23)29)22(32-16-19-12-8-5-9-13-19)21(20(14-27)34-26)31-15-18-10-6-4-7-11-18/h4-13,20-22,27H,3,14-16H2,1-2H3. The van der Waals surface area contributed by atoms with Gasteiger partial charge in [-0.15, -0.1) is 0 Å². The maximum Gasteiger partial charge on any atom is 0.351 e. The minimum Gasteiger partial charge on any atom is -0.462 e. The number of ether oxygens (including phenoxy) is 5. The zero-order chi connectivity index (χ0) is 24.8. The molecule has 0 aromatic heterocycles. The van der Waals surface area contributed by atoms with Gasteiger partial charge in [-0.05, 0) is 25.0 Å². The van der Waals surface area contributed by atoms with Gasteiger partial charge < -0.3 is 28.8 Å². The van der Waals surface area contributed by atoms with Crippen molar-refractivity contribution in [3.05, 3.63) is 93.3 Å². The van der Waals surface area contributed by atoms with Crippen molar-refractivity contribution in [3.63, 3.8) is 0 Å². The molecule has 0 aliphatic carbocycles. The Morgan fingerprint density at radius 2 is 1.60 bits per heavy atom. The van der Waals surface area contributed by atoms with Crippen LogP contribution in [0.2, 0.25) is 0 Å². The number of allylic oxidation sites excluding steroid dienone is 1. The van der Waals surface area contributed by atoms with Crippen LogP contribution in [0.1, 0.15) is 25.0 Å². The molecule has 186 valence electrons. The molecular weight excluding hydrogens is 472 g/mol. The van der Waals surface area contributed by atoms with Crippen LogP contribution in [0.3, 0.4) is 0 Å². The van der Waals surface area contributed by atoms with Gasteiger partial charge in [0.25, 0.3) is 0 Å². The quantitative estimate of drug-likeness (QED) is 0.524. The molecule has 0 bridgehead atoms. The zero-order valence-electron chi connectivity index (χ0n) is 19.5. The molecule has 2 aromatic carbocycles. The van der Waals surface area contributed by atoms with Crippen molar-refractivity contribution in [3.8, 4) is 0 Å². The van der Waals surface area contributed by atoms with Crippen molar-refractivity contribution in [2.75, 3.05) is 13.2 Å². The third-order valence-electron chi connectivity index (χ3n) is 5.53. The highest BCUT2D eigenvalue weighted by Crippen LogP contribution is 2.39. The Morgan fingerprint density at radius 3 is 2.17 bits per heavy atom. The topological polar surface area (TPSA) is 101 Å². The second kappa shape index (κ2) is 11.6. The Kier molecular flexibility index (Phi) is 8.35. The van der Waals surface area contributed by atoms with E-state index >= 15 is 0 Å². The van der Waals surface area contributed by atoms with Crippen molar-refractivity contribution in [2.45, 2.75) is 45.4 Å².